The van der Waals surface area contributed by atoms with Crippen molar-refractivity contribution >= 4 is 0 Å². The van der Waals surface area contributed by atoms with Crippen LogP contribution in [0.4, 0.5) is 8.78 Å². The maximum Gasteiger partial charge on any atom is 0.190 e. The zero-order valence-electron chi connectivity index (χ0n) is 10.5. The lowest BCUT2D eigenvalue weighted by atomic mass is 10.2. The predicted octanol–water partition coefficient (Wildman–Crippen LogP) is 3.25. The fourth-order valence-electron chi connectivity index (χ4n) is 1.38. The summed E-state index contributed by atoms with van der Waals surface area (Å²) in [5.74, 6) is -1.56. The molecule has 0 fully saturated rings. The van der Waals surface area contributed by atoms with Crippen molar-refractivity contribution in [2.45, 2.75) is 39.8 Å². The topological polar surface area (TPSA) is 21.3 Å². The third-order valence-corrected chi connectivity index (χ3v) is 2.22. The number of benzene rings is 1. The van der Waals surface area contributed by atoms with Crippen molar-refractivity contribution in [1.82, 2.24) is 5.32 Å². The van der Waals surface area contributed by atoms with Gasteiger partial charge in [-0.05, 0) is 24.1 Å². The second-order valence-electron chi connectivity index (χ2n) is 4.27. The van der Waals surface area contributed by atoms with Gasteiger partial charge in [0.15, 0.2) is 17.4 Å². The van der Waals surface area contributed by atoms with Gasteiger partial charge in [-0.2, -0.15) is 0 Å². The molecule has 0 aliphatic rings. The zero-order chi connectivity index (χ0) is 12.8. The predicted molar refractivity (Wildman–Crippen MR) is 64.1 cm³/mol. The first-order valence-corrected chi connectivity index (χ1v) is 5.88. The van der Waals surface area contributed by atoms with Crippen LogP contribution in [0.5, 0.6) is 5.75 Å². The van der Waals surface area contributed by atoms with Gasteiger partial charge < -0.3 is 10.1 Å². The molecule has 1 rings (SSSR count). The normalized spacial score (nSPS) is 10.9. The van der Waals surface area contributed by atoms with Gasteiger partial charge in [0.2, 0.25) is 0 Å². The van der Waals surface area contributed by atoms with Gasteiger partial charge in [0.05, 0.1) is 6.61 Å². The maximum atomic E-state index is 13.6. The van der Waals surface area contributed by atoms with E-state index in [1.165, 1.54) is 12.1 Å². The van der Waals surface area contributed by atoms with Crippen LogP contribution in [-0.4, -0.2) is 12.6 Å². The van der Waals surface area contributed by atoms with E-state index in [2.05, 4.69) is 5.32 Å². The molecule has 0 spiro atoms. The molecule has 96 valence electrons. The number of hydrogen-bond acceptors (Lipinski definition) is 2. The van der Waals surface area contributed by atoms with Crippen molar-refractivity contribution in [3.8, 4) is 5.75 Å². The fraction of sp³-hybridized carbons (Fsp3) is 0.538. The highest BCUT2D eigenvalue weighted by Gasteiger charge is 2.12. The molecule has 0 amide bonds. The second-order valence-corrected chi connectivity index (χ2v) is 4.27. The summed E-state index contributed by atoms with van der Waals surface area (Å²) < 4.78 is 32.2. The quantitative estimate of drug-likeness (QED) is 0.828. The summed E-state index contributed by atoms with van der Waals surface area (Å²) in [6.07, 6.45) is 0.718. The van der Waals surface area contributed by atoms with Crippen molar-refractivity contribution < 1.29 is 13.5 Å². The van der Waals surface area contributed by atoms with Crippen LogP contribution < -0.4 is 10.1 Å². The van der Waals surface area contributed by atoms with E-state index in [-0.39, 0.29) is 11.8 Å². The van der Waals surface area contributed by atoms with E-state index in [4.69, 9.17) is 4.74 Å². The molecule has 17 heavy (non-hydrogen) atoms. The Kier molecular flexibility index (Phi) is 5.35. The molecule has 0 aliphatic heterocycles. The largest absolute Gasteiger partial charge is 0.488 e. The molecule has 4 heteroatoms. The number of hydrogen-bond donors (Lipinski definition) is 1. The van der Waals surface area contributed by atoms with Crippen LogP contribution in [0, 0.1) is 11.6 Å². The van der Waals surface area contributed by atoms with Gasteiger partial charge in [0.1, 0.15) is 0 Å². The fourth-order valence-corrected chi connectivity index (χ4v) is 1.38. The minimum atomic E-state index is -0.640. The molecule has 0 aromatic heterocycles. The van der Waals surface area contributed by atoms with Crippen LogP contribution in [0.25, 0.3) is 0 Å². The van der Waals surface area contributed by atoms with Crippen molar-refractivity contribution in [3.05, 3.63) is 29.3 Å². The molecule has 0 heterocycles. The van der Waals surface area contributed by atoms with Gasteiger partial charge in [-0.15, -0.1) is 0 Å². The second kappa shape index (κ2) is 6.55. The van der Waals surface area contributed by atoms with Gasteiger partial charge in [0.25, 0.3) is 0 Å². The molecule has 0 unspecified atom stereocenters. The Hall–Kier alpha value is -1.16. The minimum absolute atomic E-state index is 0.275. The number of ether oxygens (including phenoxy) is 1. The Balaban J connectivity index is 2.78. The molecule has 1 N–H and O–H groups in total. The SMILES string of the molecule is CCCOc1c(F)cc(CNC(C)C)cc1F. The molecule has 0 bridgehead atoms. The molecule has 2 nitrogen and oxygen atoms in total. The Morgan fingerprint density at radius 3 is 2.29 bits per heavy atom. The summed E-state index contributed by atoms with van der Waals surface area (Å²) in [7, 11) is 0. The summed E-state index contributed by atoms with van der Waals surface area (Å²) in [4.78, 5) is 0. The molecule has 1 aromatic carbocycles. The Bertz CT molecular complexity index is 343. The van der Waals surface area contributed by atoms with Crippen molar-refractivity contribution in [3.63, 3.8) is 0 Å². The van der Waals surface area contributed by atoms with Crippen molar-refractivity contribution in [2.24, 2.45) is 0 Å². The zero-order valence-corrected chi connectivity index (χ0v) is 10.5. The highest BCUT2D eigenvalue weighted by atomic mass is 19.1. The van der Waals surface area contributed by atoms with Crippen LogP contribution in [0.3, 0.4) is 0 Å². The average molecular weight is 243 g/mol. The highest BCUT2D eigenvalue weighted by Crippen LogP contribution is 2.23. The van der Waals surface area contributed by atoms with E-state index < -0.39 is 11.6 Å². The summed E-state index contributed by atoms with van der Waals surface area (Å²) >= 11 is 0. The lowest BCUT2D eigenvalue weighted by molar-refractivity contribution is 0.284. The van der Waals surface area contributed by atoms with E-state index in [9.17, 15) is 8.78 Å². The molecule has 0 radical (unpaired) electrons. The van der Waals surface area contributed by atoms with E-state index in [0.717, 1.165) is 6.42 Å². The molecule has 0 atom stereocenters. The van der Waals surface area contributed by atoms with Gasteiger partial charge in [-0.1, -0.05) is 20.8 Å². The van der Waals surface area contributed by atoms with Crippen LogP contribution in [0.1, 0.15) is 32.8 Å². The Morgan fingerprint density at radius 1 is 1.24 bits per heavy atom. The average Bonchev–Trinajstić information content (AvgIpc) is 2.25. The van der Waals surface area contributed by atoms with Gasteiger partial charge >= 0.3 is 0 Å². The Morgan fingerprint density at radius 2 is 1.82 bits per heavy atom. The summed E-state index contributed by atoms with van der Waals surface area (Å²) in [5.41, 5.74) is 0.581. The van der Waals surface area contributed by atoms with E-state index in [1.807, 2.05) is 20.8 Å². The molecular weight excluding hydrogens is 224 g/mol. The summed E-state index contributed by atoms with van der Waals surface area (Å²) in [6, 6.07) is 2.89. The van der Waals surface area contributed by atoms with E-state index >= 15 is 0 Å². The number of rotatable bonds is 6. The van der Waals surface area contributed by atoms with Crippen LogP contribution >= 0.6 is 0 Å². The van der Waals surface area contributed by atoms with Gasteiger partial charge in [-0.25, -0.2) is 8.78 Å². The number of nitrogens with one attached hydrogen (secondary N) is 1. The van der Waals surface area contributed by atoms with Gasteiger partial charge in [-0.3, -0.25) is 0 Å². The Labute approximate surface area is 101 Å². The van der Waals surface area contributed by atoms with Crippen LogP contribution in [0.2, 0.25) is 0 Å². The van der Waals surface area contributed by atoms with Crippen LogP contribution in [0.15, 0.2) is 12.1 Å². The lowest BCUT2D eigenvalue weighted by Crippen LogP contribution is -2.22. The van der Waals surface area contributed by atoms with E-state index in [1.54, 1.807) is 0 Å². The first-order chi connectivity index (χ1) is 8.04. The van der Waals surface area contributed by atoms with Crippen molar-refractivity contribution in [2.75, 3.05) is 6.61 Å². The van der Waals surface area contributed by atoms with Crippen LogP contribution in [-0.2, 0) is 6.54 Å². The molecule has 0 saturated carbocycles. The third kappa shape index (κ3) is 4.30. The molecular formula is C13H19F2NO. The first-order valence-electron chi connectivity index (χ1n) is 5.88. The standard InChI is InChI=1S/C13H19F2NO/c1-4-5-17-13-11(14)6-10(7-12(13)15)8-16-9(2)3/h6-7,9,16H,4-5,8H2,1-3H3. The van der Waals surface area contributed by atoms with Crippen molar-refractivity contribution in [1.29, 1.82) is 0 Å². The van der Waals surface area contributed by atoms with Gasteiger partial charge in [0, 0.05) is 12.6 Å². The first kappa shape index (κ1) is 13.9. The van der Waals surface area contributed by atoms with E-state index in [0.29, 0.717) is 18.7 Å². The minimum Gasteiger partial charge on any atom is -0.488 e. The lowest BCUT2D eigenvalue weighted by Gasteiger charge is -2.11. The highest BCUT2D eigenvalue weighted by molar-refractivity contribution is 5.31. The third-order valence-electron chi connectivity index (χ3n) is 2.22. The molecule has 0 aliphatic carbocycles. The molecule has 0 saturated heterocycles. The summed E-state index contributed by atoms with van der Waals surface area (Å²) in [5, 5.41) is 3.10. The molecule has 1 aromatic rings. The smallest absolute Gasteiger partial charge is 0.190 e. The monoisotopic (exact) mass is 243 g/mol. The summed E-state index contributed by atoms with van der Waals surface area (Å²) in [6.45, 7) is 6.60. The number of halogens is 2. The maximum absolute atomic E-state index is 13.6.